The van der Waals surface area contributed by atoms with Crippen LogP contribution in [0.1, 0.15) is 90.9 Å². The maximum atomic E-state index is 12.4. The number of hydrogen-bond acceptors (Lipinski definition) is 2. The van der Waals surface area contributed by atoms with Crippen LogP contribution in [0.4, 0.5) is 0 Å². The van der Waals surface area contributed by atoms with E-state index in [2.05, 4.69) is 13.5 Å². The fourth-order valence-electron chi connectivity index (χ4n) is 6.05. The molecule has 0 aromatic carbocycles. The van der Waals surface area contributed by atoms with Crippen LogP contribution in [0.2, 0.25) is 0 Å². The quantitative estimate of drug-likeness (QED) is 0.292. The first kappa shape index (κ1) is 18.0. The molecule has 0 saturated heterocycles. The van der Waals surface area contributed by atoms with E-state index >= 15 is 0 Å². The number of rotatable bonds is 9. The molecule has 0 aromatic heterocycles. The van der Waals surface area contributed by atoms with Gasteiger partial charge in [0, 0.05) is 5.57 Å². The zero-order valence-corrected chi connectivity index (χ0v) is 15.8. The van der Waals surface area contributed by atoms with Crippen LogP contribution in [0.3, 0.4) is 0 Å². The Hall–Kier alpha value is -0.790. The summed E-state index contributed by atoms with van der Waals surface area (Å²) in [5.74, 6) is 2.91. The minimum absolute atomic E-state index is 0.145. The standard InChI is InChI=1S/C22H36O2/c1-4-5-6-7-8-9-10-22(24-21(23)16(2)3)19-12-17-11-18(14-19)15-20(22)13-17/h17-20H,2,4-15H2,1,3H3. The Labute approximate surface area is 148 Å². The third-order valence-electron chi connectivity index (χ3n) is 7.07. The van der Waals surface area contributed by atoms with E-state index in [-0.39, 0.29) is 11.6 Å². The molecule has 4 aliphatic carbocycles. The van der Waals surface area contributed by atoms with Gasteiger partial charge >= 0.3 is 5.97 Å². The molecule has 24 heavy (non-hydrogen) atoms. The zero-order valence-electron chi connectivity index (χ0n) is 15.8. The lowest BCUT2D eigenvalue weighted by Crippen LogP contribution is -2.59. The van der Waals surface area contributed by atoms with Crippen LogP contribution in [-0.2, 0) is 9.53 Å². The van der Waals surface area contributed by atoms with Crippen molar-refractivity contribution in [3.63, 3.8) is 0 Å². The van der Waals surface area contributed by atoms with E-state index in [0.717, 1.165) is 18.3 Å². The van der Waals surface area contributed by atoms with Gasteiger partial charge in [0.15, 0.2) is 0 Å². The molecule has 0 aliphatic heterocycles. The molecule has 0 radical (unpaired) electrons. The van der Waals surface area contributed by atoms with Crippen LogP contribution in [-0.4, -0.2) is 11.6 Å². The first-order valence-electron chi connectivity index (χ1n) is 10.4. The van der Waals surface area contributed by atoms with Crippen LogP contribution >= 0.6 is 0 Å². The van der Waals surface area contributed by atoms with Crippen molar-refractivity contribution in [2.75, 3.05) is 0 Å². The molecule has 2 nitrogen and oxygen atoms in total. The van der Waals surface area contributed by atoms with Crippen LogP contribution < -0.4 is 0 Å². The average Bonchev–Trinajstić information content (AvgIpc) is 2.54. The molecule has 0 aromatic rings. The Bertz CT molecular complexity index is 437. The molecule has 4 fully saturated rings. The minimum Gasteiger partial charge on any atom is -0.455 e. The lowest BCUT2D eigenvalue weighted by atomic mass is 9.49. The van der Waals surface area contributed by atoms with Gasteiger partial charge in [0.2, 0.25) is 0 Å². The molecule has 0 unspecified atom stereocenters. The Balaban J connectivity index is 1.65. The summed E-state index contributed by atoms with van der Waals surface area (Å²) in [7, 11) is 0. The smallest absolute Gasteiger partial charge is 0.333 e. The van der Waals surface area contributed by atoms with Gasteiger partial charge in [-0.1, -0.05) is 45.6 Å². The SMILES string of the molecule is C=C(C)C(=O)OC1(CCCCCCCC)C2CC3CC(C2)CC1C3. The first-order valence-corrected chi connectivity index (χ1v) is 10.4. The van der Waals surface area contributed by atoms with Gasteiger partial charge in [-0.3, -0.25) is 0 Å². The second-order valence-electron chi connectivity index (χ2n) is 8.95. The molecule has 0 amide bonds. The molecule has 0 heterocycles. The van der Waals surface area contributed by atoms with Crippen molar-refractivity contribution in [3.8, 4) is 0 Å². The highest BCUT2D eigenvalue weighted by atomic mass is 16.6. The van der Waals surface area contributed by atoms with Gasteiger partial charge in [-0.05, 0) is 75.5 Å². The topological polar surface area (TPSA) is 26.3 Å². The van der Waals surface area contributed by atoms with E-state index in [1.165, 1.54) is 70.6 Å². The Morgan fingerprint density at radius 2 is 1.50 bits per heavy atom. The largest absolute Gasteiger partial charge is 0.455 e. The van der Waals surface area contributed by atoms with Crippen LogP contribution in [0.15, 0.2) is 12.2 Å². The van der Waals surface area contributed by atoms with E-state index in [9.17, 15) is 4.79 Å². The summed E-state index contributed by atoms with van der Waals surface area (Å²) in [4.78, 5) is 12.4. The summed E-state index contributed by atoms with van der Waals surface area (Å²) in [5, 5.41) is 0. The van der Waals surface area contributed by atoms with Crippen molar-refractivity contribution in [3.05, 3.63) is 12.2 Å². The number of carbonyl (C=O) groups is 1. The van der Waals surface area contributed by atoms with Gasteiger partial charge in [0.05, 0.1) is 0 Å². The molecular formula is C22H36O2. The number of ether oxygens (including phenoxy) is 1. The highest BCUT2D eigenvalue weighted by Gasteiger charge is 2.59. The van der Waals surface area contributed by atoms with Crippen molar-refractivity contribution in [1.82, 2.24) is 0 Å². The second-order valence-corrected chi connectivity index (χ2v) is 8.95. The molecule has 0 N–H and O–H groups in total. The monoisotopic (exact) mass is 332 g/mol. The fraction of sp³-hybridized carbons (Fsp3) is 0.864. The normalized spacial score (nSPS) is 36.8. The number of hydrogen-bond donors (Lipinski definition) is 0. The van der Waals surface area contributed by atoms with Gasteiger partial charge in [0.1, 0.15) is 5.60 Å². The van der Waals surface area contributed by atoms with E-state index in [1.54, 1.807) is 6.92 Å². The van der Waals surface area contributed by atoms with E-state index in [1.807, 2.05) is 0 Å². The Morgan fingerprint density at radius 3 is 2.04 bits per heavy atom. The van der Waals surface area contributed by atoms with Crippen LogP contribution in [0.25, 0.3) is 0 Å². The number of esters is 1. The predicted octanol–water partition coefficient (Wildman–Crippen LogP) is 6.05. The van der Waals surface area contributed by atoms with Gasteiger partial charge in [-0.25, -0.2) is 4.79 Å². The number of carbonyl (C=O) groups excluding carboxylic acids is 1. The van der Waals surface area contributed by atoms with Crippen molar-refractivity contribution in [2.45, 2.75) is 96.5 Å². The first-order chi connectivity index (χ1) is 11.5. The van der Waals surface area contributed by atoms with Crippen molar-refractivity contribution in [1.29, 1.82) is 0 Å². The Morgan fingerprint density at radius 1 is 0.958 bits per heavy atom. The molecule has 0 spiro atoms. The summed E-state index contributed by atoms with van der Waals surface area (Å²) < 4.78 is 6.27. The van der Waals surface area contributed by atoms with Crippen molar-refractivity contribution in [2.24, 2.45) is 23.7 Å². The van der Waals surface area contributed by atoms with E-state index < -0.39 is 0 Å². The van der Waals surface area contributed by atoms with Crippen LogP contribution in [0.5, 0.6) is 0 Å². The lowest BCUT2D eigenvalue weighted by molar-refractivity contribution is -0.209. The summed E-state index contributed by atoms with van der Waals surface area (Å²) in [5.41, 5.74) is 0.403. The summed E-state index contributed by atoms with van der Waals surface area (Å²) in [6.45, 7) is 7.88. The highest BCUT2D eigenvalue weighted by molar-refractivity contribution is 5.87. The molecule has 0 atom stereocenters. The van der Waals surface area contributed by atoms with Crippen LogP contribution in [0, 0.1) is 23.7 Å². The molecule has 4 rings (SSSR count). The number of unbranched alkanes of at least 4 members (excludes halogenated alkanes) is 5. The predicted molar refractivity (Wildman–Crippen MR) is 98.7 cm³/mol. The van der Waals surface area contributed by atoms with Gasteiger partial charge in [-0.15, -0.1) is 0 Å². The zero-order chi connectivity index (χ0) is 17.2. The van der Waals surface area contributed by atoms with E-state index in [4.69, 9.17) is 4.74 Å². The molecular weight excluding hydrogens is 296 g/mol. The van der Waals surface area contributed by atoms with Gasteiger partial charge in [-0.2, -0.15) is 0 Å². The molecule has 4 aliphatic rings. The average molecular weight is 333 g/mol. The molecule has 4 saturated carbocycles. The summed E-state index contributed by atoms with van der Waals surface area (Å²) >= 11 is 0. The summed E-state index contributed by atoms with van der Waals surface area (Å²) in [6.07, 6.45) is 15.6. The lowest BCUT2D eigenvalue weighted by Gasteiger charge is -2.60. The van der Waals surface area contributed by atoms with Gasteiger partial charge in [0.25, 0.3) is 0 Å². The molecule has 2 heteroatoms. The van der Waals surface area contributed by atoms with Gasteiger partial charge < -0.3 is 4.74 Å². The van der Waals surface area contributed by atoms with Crippen molar-refractivity contribution < 1.29 is 9.53 Å². The minimum atomic E-state index is -0.159. The van der Waals surface area contributed by atoms with E-state index in [0.29, 0.717) is 17.4 Å². The third-order valence-corrected chi connectivity index (χ3v) is 7.07. The maximum Gasteiger partial charge on any atom is 0.333 e. The summed E-state index contributed by atoms with van der Waals surface area (Å²) in [6, 6.07) is 0. The Kier molecular flexibility index (Phi) is 5.72. The maximum absolute atomic E-state index is 12.4. The fourth-order valence-corrected chi connectivity index (χ4v) is 6.05. The molecule has 4 bridgehead atoms. The third kappa shape index (κ3) is 3.58. The van der Waals surface area contributed by atoms with Crippen molar-refractivity contribution >= 4 is 5.97 Å². The molecule has 136 valence electrons. The highest BCUT2D eigenvalue weighted by Crippen LogP contribution is 2.61. The second kappa shape index (κ2) is 7.62.